The maximum absolute atomic E-state index is 11.9. The number of amides is 1. The summed E-state index contributed by atoms with van der Waals surface area (Å²) in [6, 6.07) is 8.48. The van der Waals surface area contributed by atoms with E-state index in [1.165, 1.54) is 11.1 Å². The van der Waals surface area contributed by atoms with Crippen LogP contribution >= 0.6 is 12.4 Å². The smallest absolute Gasteiger partial charge is 0.220 e. The third-order valence-corrected chi connectivity index (χ3v) is 4.12. The highest BCUT2D eigenvalue weighted by atomic mass is 35.5. The Labute approximate surface area is 135 Å². The van der Waals surface area contributed by atoms with E-state index in [2.05, 4.69) is 50.4 Å². The van der Waals surface area contributed by atoms with Crippen molar-refractivity contribution >= 4 is 18.3 Å². The van der Waals surface area contributed by atoms with Crippen LogP contribution < -0.4 is 11.1 Å². The zero-order chi connectivity index (χ0) is 15.0. The zero-order valence-electron chi connectivity index (χ0n) is 13.4. The maximum atomic E-state index is 11.9. The van der Waals surface area contributed by atoms with Crippen molar-refractivity contribution in [2.45, 2.75) is 58.4 Å². The summed E-state index contributed by atoms with van der Waals surface area (Å²) in [5.41, 5.74) is 8.44. The number of aryl methyl sites for hydroxylation is 2. The van der Waals surface area contributed by atoms with E-state index < -0.39 is 0 Å². The van der Waals surface area contributed by atoms with Crippen LogP contribution in [0.25, 0.3) is 0 Å². The van der Waals surface area contributed by atoms with Gasteiger partial charge in [0.2, 0.25) is 5.91 Å². The first-order chi connectivity index (χ1) is 9.53. The van der Waals surface area contributed by atoms with E-state index in [-0.39, 0.29) is 23.9 Å². The van der Waals surface area contributed by atoms with E-state index in [1.807, 2.05) is 0 Å². The normalized spacial score (nSPS) is 10.9. The highest BCUT2D eigenvalue weighted by Crippen LogP contribution is 2.10. The second-order valence-electron chi connectivity index (χ2n) is 5.52. The van der Waals surface area contributed by atoms with Crippen molar-refractivity contribution in [1.82, 2.24) is 5.32 Å². The third-order valence-electron chi connectivity index (χ3n) is 4.12. The Balaban J connectivity index is 0.00000400. The number of hydrogen-bond acceptors (Lipinski definition) is 2. The average molecular weight is 313 g/mol. The van der Waals surface area contributed by atoms with E-state index in [4.69, 9.17) is 5.73 Å². The Morgan fingerprint density at radius 1 is 1.10 bits per heavy atom. The summed E-state index contributed by atoms with van der Waals surface area (Å²) < 4.78 is 0. The van der Waals surface area contributed by atoms with Crippen LogP contribution in [0.1, 0.15) is 51.2 Å². The summed E-state index contributed by atoms with van der Waals surface area (Å²) in [5, 5.41) is 2.95. The molecule has 0 unspecified atom stereocenters. The van der Waals surface area contributed by atoms with Crippen molar-refractivity contribution in [3.05, 3.63) is 35.4 Å². The third kappa shape index (κ3) is 6.96. The Kier molecular flexibility index (Phi) is 9.31. The Bertz CT molecular complexity index is 413. The van der Waals surface area contributed by atoms with Crippen molar-refractivity contribution in [3.8, 4) is 0 Å². The molecule has 3 N–H and O–H groups in total. The van der Waals surface area contributed by atoms with Crippen molar-refractivity contribution in [1.29, 1.82) is 0 Å². The van der Waals surface area contributed by atoms with Crippen LogP contribution in [-0.4, -0.2) is 18.0 Å². The molecule has 1 aromatic carbocycles. The SMILES string of the molecule is CCc1ccc(CCC(=O)NCC(N)(CC)CC)cc1.Cl. The van der Waals surface area contributed by atoms with Crippen LogP contribution in [0.15, 0.2) is 24.3 Å². The second-order valence-corrected chi connectivity index (χ2v) is 5.52. The summed E-state index contributed by atoms with van der Waals surface area (Å²) in [6.07, 6.45) is 4.11. The van der Waals surface area contributed by atoms with Crippen LogP contribution in [0.4, 0.5) is 0 Å². The molecule has 0 aliphatic carbocycles. The number of hydrogen-bond donors (Lipinski definition) is 2. The summed E-state index contributed by atoms with van der Waals surface area (Å²) >= 11 is 0. The lowest BCUT2D eigenvalue weighted by atomic mass is 9.94. The highest BCUT2D eigenvalue weighted by Gasteiger charge is 2.20. The van der Waals surface area contributed by atoms with Gasteiger partial charge in [-0.25, -0.2) is 0 Å². The van der Waals surface area contributed by atoms with Gasteiger partial charge in [-0.15, -0.1) is 12.4 Å². The maximum Gasteiger partial charge on any atom is 0.220 e. The highest BCUT2D eigenvalue weighted by molar-refractivity contribution is 5.85. The van der Waals surface area contributed by atoms with Crippen LogP contribution in [0, 0.1) is 0 Å². The van der Waals surface area contributed by atoms with Gasteiger partial charge in [-0.3, -0.25) is 4.79 Å². The standard InChI is InChI=1S/C17H28N2O.ClH/c1-4-14-7-9-15(10-8-14)11-12-16(20)19-13-17(18,5-2)6-3;/h7-10H,4-6,11-13,18H2,1-3H3,(H,19,20);1H. The van der Waals surface area contributed by atoms with Crippen LogP contribution in [0.5, 0.6) is 0 Å². The molecule has 0 radical (unpaired) electrons. The van der Waals surface area contributed by atoms with Gasteiger partial charge in [0.05, 0.1) is 0 Å². The molecular formula is C17H29ClN2O. The molecule has 1 rings (SSSR count). The first-order valence-corrected chi connectivity index (χ1v) is 7.66. The molecule has 0 saturated heterocycles. The largest absolute Gasteiger partial charge is 0.354 e. The molecule has 0 bridgehead atoms. The van der Waals surface area contributed by atoms with Gasteiger partial charge in [0.25, 0.3) is 0 Å². The van der Waals surface area contributed by atoms with Crippen LogP contribution in [-0.2, 0) is 17.6 Å². The molecule has 3 nitrogen and oxygen atoms in total. The van der Waals surface area contributed by atoms with Gasteiger partial charge in [-0.2, -0.15) is 0 Å². The number of halogens is 1. The molecule has 120 valence electrons. The molecule has 0 aliphatic rings. The molecule has 0 fully saturated rings. The fourth-order valence-corrected chi connectivity index (χ4v) is 2.06. The lowest BCUT2D eigenvalue weighted by Gasteiger charge is -2.26. The predicted molar refractivity (Wildman–Crippen MR) is 91.9 cm³/mol. The number of nitrogens with two attached hydrogens (primary N) is 1. The minimum atomic E-state index is -0.265. The van der Waals surface area contributed by atoms with Gasteiger partial charge in [-0.1, -0.05) is 45.0 Å². The summed E-state index contributed by atoms with van der Waals surface area (Å²) in [5.74, 6) is 0.0845. The van der Waals surface area contributed by atoms with Gasteiger partial charge in [0, 0.05) is 18.5 Å². The van der Waals surface area contributed by atoms with E-state index in [9.17, 15) is 4.79 Å². The van der Waals surface area contributed by atoms with Gasteiger partial charge in [0.15, 0.2) is 0 Å². The fourth-order valence-electron chi connectivity index (χ4n) is 2.06. The van der Waals surface area contributed by atoms with Crippen molar-refractivity contribution < 1.29 is 4.79 Å². The van der Waals surface area contributed by atoms with Crippen molar-refractivity contribution in [2.24, 2.45) is 5.73 Å². The molecule has 0 aliphatic heterocycles. The van der Waals surface area contributed by atoms with Gasteiger partial charge in [0.1, 0.15) is 0 Å². The molecule has 0 aromatic heterocycles. The number of nitrogens with one attached hydrogen (secondary N) is 1. The second kappa shape index (κ2) is 9.80. The number of benzene rings is 1. The minimum absolute atomic E-state index is 0. The molecule has 4 heteroatoms. The summed E-state index contributed by atoms with van der Waals surface area (Å²) in [7, 11) is 0. The number of carbonyl (C=O) groups excluding carboxylic acids is 1. The topological polar surface area (TPSA) is 55.1 Å². The van der Waals surface area contributed by atoms with E-state index in [1.54, 1.807) is 0 Å². The van der Waals surface area contributed by atoms with Gasteiger partial charge in [-0.05, 0) is 36.8 Å². The number of carbonyl (C=O) groups is 1. The molecule has 1 aromatic rings. The zero-order valence-corrected chi connectivity index (χ0v) is 14.3. The Morgan fingerprint density at radius 3 is 2.10 bits per heavy atom. The molecule has 1 amide bonds. The summed E-state index contributed by atoms with van der Waals surface area (Å²) in [6.45, 7) is 6.83. The van der Waals surface area contributed by atoms with E-state index in [0.717, 1.165) is 25.7 Å². The minimum Gasteiger partial charge on any atom is -0.354 e. The van der Waals surface area contributed by atoms with Crippen molar-refractivity contribution in [2.75, 3.05) is 6.54 Å². The average Bonchev–Trinajstić information content (AvgIpc) is 2.51. The summed E-state index contributed by atoms with van der Waals surface area (Å²) in [4.78, 5) is 11.9. The van der Waals surface area contributed by atoms with Crippen LogP contribution in [0.3, 0.4) is 0 Å². The molecule has 0 spiro atoms. The molecular weight excluding hydrogens is 284 g/mol. The molecule has 21 heavy (non-hydrogen) atoms. The van der Waals surface area contributed by atoms with Gasteiger partial charge < -0.3 is 11.1 Å². The van der Waals surface area contributed by atoms with Crippen molar-refractivity contribution in [3.63, 3.8) is 0 Å². The molecule has 0 saturated carbocycles. The van der Waals surface area contributed by atoms with E-state index in [0.29, 0.717) is 13.0 Å². The Hall–Kier alpha value is -1.06. The molecule has 0 heterocycles. The number of rotatable bonds is 8. The monoisotopic (exact) mass is 312 g/mol. The first kappa shape index (κ1) is 19.9. The quantitative estimate of drug-likeness (QED) is 0.774. The lowest BCUT2D eigenvalue weighted by molar-refractivity contribution is -0.121. The predicted octanol–water partition coefficient (Wildman–Crippen LogP) is 3.24. The fraction of sp³-hybridized carbons (Fsp3) is 0.588. The lowest BCUT2D eigenvalue weighted by Crippen LogP contribution is -2.49. The Morgan fingerprint density at radius 2 is 1.62 bits per heavy atom. The van der Waals surface area contributed by atoms with Crippen LogP contribution in [0.2, 0.25) is 0 Å². The first-order valence-electron chi connectivity index (χ1n) is 7.66. The van der Waals surface area contributed by atoms with Gasteiger partial charge >= 0.3 is 0 Å². The van der Waals surface area contributed by atoms with E-state index >= 15 is 0 Å². The molecule has 0 atom stereocenters.